The molecule has 1 N–H and O–H groups in total. The van der Waals surface area contributed by atoms with E-state index in [1.807, 2.05) is 18.2 Å². The Labute approximate surface area is 173 Å². The topological polar surface area (TPSA) is 89.3 Å². The van der Waals surface area contributed by atoms with Gasteiger partial charge in [-0.2, -0.15) is 0 Å². The number of nitrogens with one attached hydrogen (secondary N) is 1. The van der Waals surface area contributed by atoms with Crippen molar-refractivity contribution in [2.45, 2.75) is 25.9 Å². The van der Waals surface area contributed by atoms with Crippen LogP contribution in [-0.2, 0) is 25.9 Å². The fraction of sp³-hybridized carbons (Fsp3) is 0.318. The van der Waals surface area contributed by atoms with Gasteiger partial charge < -0.3 is 18.7 Å². The summed E-state index contributed by atoms with van der Waals surface area (Å²) in [5, 5.41) is 12.8. The van der Waals surface area contributed by atoms with Gasteiger partial charge in [-0.15, -0.1) is 10.2 Å². The van der Waals surface area contributed by atoms with Gasteiger partial charge in [0.15, 0.2) is 0 Å². The van der Waals surface area contributed by atoms with Crippen molar-refractivity contribution in [2.75, 3.05) is 19.6 Å². The molecule has 8 heteroatoms. The van der Waals surface area contributed by atoms with Crippen LogP contribution in [0.2, 0.25) is 0 Å². The van der Waals surface area contributed by atoms with Gasteiger partial charge in [-0.1, -0.05) is 18.2 Å². The number of rotatable bonds is 6. The highest BCUT2D eigenvalue weighted by Crippen LogP contribution is 2.21. The standard InChI is InChI=1S/C22H23N5O3/c28-22(17-7-12-29-15-17)23-8-5-20-24-25-21-6-9-26(10-11-27(20)21)14-18-13-16-3-1-2-4-19(16)30-18/h1-4,7,12-13,15H,5-6,8-11,14H2,(H,23,28). The highest BCUT2D eigenvalue weighted by molar-refractivity contribution is 5.93. The van der Waals surface area contributed by atoms with E-state index in [1.54, 1.807) is 6.07 Å². The lowest BCUT2D eigenvalue weighted by Crippen LogP contribution is -2.27. The molecule has 154 valence electrons. The molecule has 0 radical (unpaired) electrons. The van der Waals surface area contributed by atoms with Crippen molar-refractivity contribution in [3.05, 3.63) is 71.9 Å². The smallest absolute Gasteiger partial charge is 0.254 e. The zero-order valence-electron chi connectivity index (χ0n) is 16.6. The van der Waals surface area contributed by atoms with E-state index >= 15 is 0 Å². The van der Waals surface area contributed by atoms with Gasteiger partial charge in [0.2, 0.25) is 0 Å². The van der Waals surface area contributed by atoms with Gasteiger partial charge in [-0.3, -0.25) is 9.69 Å². The Hall–Kier alpha value is -3.39. The third kappa shape index (κ3) is 3.86. The summed E-state index contributed by atoms with van der Waals surface area (Å²) >= 11 is 0. The fourth-order valence-electron chi connectivity index (χ4n) is 3.89. The molecule has 3 aromatic heterocycles. The highest BCUT2D eigenvalue weighted by Gasteiger charge is 2.20. The Bertz CT molecular complexity index is 1110. The molecule has 0 bridgehead atoms. The molecule has 0 aliphatic carbocycles. The van der Waals surface area contributed by atoms with E-state index in [-0.39, 0.29) is 5.91 Å². The first kappa shape index (κ1) is 18.6. The molecule has 30 heavy (non-hydrogen) atoms. The summed E-state index contributed by atoms with van der Waals surface area (Å²) < 4.78 is 13.1. The average Bonchev–Trinajstić information content (AvgIpc) is 3.47. The van der Waals surface area contributed by atoms with Crippen LogP contribution in [-0.4, -0.2) is 45.2 Å². The molecule has 5 rings (SSSR count). The Balaban J connectivity index is 1.18. The highest BCUT2D eigenvalue weighted by atomic mass is 16.3. The lowest BCUT2D eigenvalue weighted by atomic mass is 10.2. The van der Waals surface area contributed by atoms with Crippen molar-refractivity contribution >= 4 is 16.9 Å². The second-order valence-electron chi connectivity index (χ2n) is 7.48. The molecule has 8 nitrogen and oxygen atoms in total. The Kier molecular flexibility index (Phi) is 5.06. The quantitative estimate of drug-likeness (QED) is 0.531. The van der Waals surface area contributed by atoms with Crippen LogP contribution < -0.4 is 5.32 Å². The van der Waals surface area contributed by atoms with Gasteiger partial charge in [0.25, 0.3) is 5.91 Å². The maximum absolute atomic E-state index is 12.0. The summed E-state index contributed by atoms with van der Waals surface area (Å²) in [5.74, 6) is 2.74. The number of para-hydroxylation sites is 1. The van der Waals surface area contributed by atoms with Gasteiger partial charge >= 0.3 is 0 Å². The number of fused-ring (bicyclic) bond motifs is 2. The third-order valence-corrected chi connectivity index (χ3v) is 5.47. The third-order valence-electron chi connectivity index (χ3n) is 5.47. The largest absolute Gasteiger partial charge is 0.472 e. The Morgan fingerprint density at radius 3 is 2.93 bits per heavy atom. The molecule has 1 amide bonds. The van der Waals surface area contributed by atoms with E-state index in [9.17, 15) is 4.79 Å². The summed E-state index contributed by atoms with van der Waals surface area (Å²) in [5.41, 5.74) is 1.45. The monoisotopic (exact) mass is 405 g/mol. The van der Waals surface area contributed by atoms with Crippen molar-refractivity contribution in [3.63, 3.8) is 0 Å². The van der Waals surface area contributed by atoms with Crippen LogP contribution in [0.3, 0.4) is 0 Å². The average molecular weight is 405 g/mol. The molecule has 1 aliphatic heterocycles. The number of benzene rings is 1. The fourth-order valence-corrected chi connectivity index (χ4v) is 3.89. The minimum Gasteiger partial charge on any atom is -0.472 e. The van der Waals surface area contributed by atoms with Crippen molar-refractivity contribution in [3.8, 4) is 0 Å². The van der Waals surface area contributed by atoms with Gasteiger partial charge in [-0.05, 0) is 18.2 Å². The molecule has 4 aromatic rings. The van der Waals surface area contributed by atoms with Crippen LogP contribution in [0.4, 0.5) is 0 Å². The number of carbonyl (C=O) groups is 1. The van der Waals surface area contributed by atoms with Crippen LogP contribution in [0.15, 0.2) is 57.8 Å². The van der Waals surface area contributed by atoms with Gasteiger partial charge in [-0.25, -0.2) is 0 Å². The number of amides is 1. The number of aromatic nitrogens is 3. The van der Waals surface area contributed by atoms with Crippen LogP contribution in [0, 0.1) is 0 Å². The van der Waals surface area contributed by atoms with E-state index < -0.39 is 0 Å². The van der Waals surface area contributed by atoms with E-state index in [0.717, 1.165) is 61.0 Å². The predicted molar refractivity (Wildman–Crippen MR) is 110 cm³/mol. The van der Waals surface area contributed by atoms with Crippen LogP contribution in [0.5, 0.6) is 0 Å². The number of hydrogen-bond donors (Lipinski definition) is 1. The molecule has 4 heterocycles. The summed E-state index contributed by atoms with van der Waals surface area (Å²) in [6, 6.07) is 11.9. The number of furan rings is 2. The van der Waals surface area contributed by atoms with Crippen molar-refractivity contribution < 1.29 is 13.6 Å². The van der Waals surface area contributed by atoms with Crippen molar-refractivity contribution in [2.24, 2.45) is 0 Å². The van der Waals surface area contributed by atoms with Crippen LogP contribution >= 0.6 is 0 Å². The predicted octanol–water partition coefficient (Wildman–Crippen LogP) is 2.65. The zero-order valence-corrected chi connectivity index (χ0v) is 16.6. The summed E-state index contributed by atoms with van der Waals surface area (Å²) in [7, 11) is 0. The summed E-state index contributed by atoms with van der Waals surface area (Å²) in [6.07, 6.45) is 4.41. The second-order valence-corrected chi connectivity index (χ2v) is 7.48. The molecule has 0 unspecified atom stereocenters. The molecule has 1 aliphatic rings. The maximum atomic E-state index is 12.0. The van der Waals surface area contributed by atoms with Crippen molar-refractivity contribution in [1.82, 2.24) is 25.0 Å². The Morgan fingerprint density at radius 1 is 1.13 bits per heavy atom. The first-order valence-corrected chi connectivity index (χ1v) is 10.2. The Morgan fingerprint density at radius 2 is 2.07 bits per heavy atom. The number of nitrogens with zero attached hydrogens (tertiary/aromatic N) is 4. The minimum absolute atomic E-state index is 0.142. The van der Waals surface area contributed by atoms with Gasteiger partial charge in [0, 0.05) is 44.4 Å². The first-order chi connectivity index (χ1) is 14.8. The first-order valence-electron chi connectivity index (χ1n) is 10.2. The molecule has 0 fully saturated rings. The molecule has 0 saturated carbocycles. The van der Waals surface area contributed by atoms with Gasteiger partial charge in [0.05, 0.1) is 18.4 Å². The summed E-state index contributed by atoms with van der Waals surface area (Å²) in [4.78, 5) is 14.4. The maximum Gasteiger partial charge on any atom is 0.254 e. The molecule has 0 saturated heterocycles. The zero-order chi connectivity index (χ0) is 20.3. The molecular formula is C22H23N5O3. The molecule has 1 aromatic carbocycles. The number of hydrogen-bond acceptors (Lipinski definition) is 6. The lowest BCUT2D eigenvalue weighted by molar-refractivity contribution is 0.0953. The molecule has 0 atom stereocenters. The van der Waals surface area contributed by atoms with Crippen LogP contribution in [0.1, 0.15) is 27.8 Å². The molecule has 0 spiro atoms. The van der Waals surface area contributed by atoms with E-state index in [1.165, 1.54) is 12.5 Å². The van der Waals surface area contributed by atoms with Crippen LogP contribution in [0.25, 0.3) is 11.0 Å². The van der Waals surface area contributed by atoms with Gasteiger partial charge in [0.1, 0.15) is 29.3 Å². The molecular weight excluding hydrogens is 382 g/mol. The van der Waals surface area contributed by atoms with E-state index in [4.69, 9.17) is 8.83 Å². The van der Waals surface area contributed by atoms with Crippen molar-refractivity contribution in [1.29, 1.82) is 0 Å². The normalized spacial score (nSPS) is 14.5. The van der Waals surface area contributed by atoms with E-state index in [0.29, 0.717) is 18.5 Å². The second kappa shape index (κ2) is 8.16. The minimum atomic E-state index is -0.142. The SMILES string of the molecule is O=C(NCCc1nnc2n1CCN(Cc1cc3ccccc3o1)CC2)c1ccoc1. The lowest BCUT2D eigenvalue weighted by Gasteiger charge is -2.18. The summed E-state index contributed by atoms with van der Waals surface area (Å²) in [6.45, 7) is 3.92. The van der Waals surface area contributed by atoms with E-state index in [2.05, 4.69) is 37.1 Å². The number of carbonyl (C=O) groups excluding carboxylic acids is 1.